The Labute approximate surface area is 82.5 Å². The Hall–Kier alpha value is -0.290. The summed E-state index contributed by atoms with van der Waals surface area (Å²) in [5, 5.41) is 11.6. The first-order chi connectivity index (χ1) is 6.27. The number of rotatable bonds is 6. The lowest BCUT2D eigenvalue weighted by molar-refractivity contribution is -0.135. The minimum atomic E-state index is -4.07. The molecule has 2 nitrogen and oxygen atoms in total. The third-order valence-corrected chi connectivity index (χ3v) is 1.98. The SMILES string of the molecule is CC(C)(CCO)NCCCC(F)(F)F. The van der Waals surface area contributed by atoms with E-state index in [2.05, 4.69) is 5.32 Å². The Morgan fingerprint density at radius 2 is 1.71 bits per heavy atom. The fourth-order valence-corrected chi connectivity index (χ4v) is 1.08. The zero-order valence-corrected chi connectivity index (χ0v) is 8.62. The molecule has 5 heteroatoms. The van der Waals surface area contributed by atoms with Crippen molar-refractivity contribution in [2.24, 2.45) is 0 Å². The standard InChI is InChI=1S/C9H18F3NO/c1-8(2,5-7-14)13-6-3-4-9(10,11)12/h13-14H,3-7H2,1-2H3. The number of aliphatic hydroxyl groups excluding tert-OH is 1. The maximum atomic E-state index is 11.8. The third kappa shape index (κ3) is 8.31. The van der Waals surface area contributed by atoms with E-state index in [0.29, 0.717) is 13.0 Å². The number of alkyl halides is 3. The molecule has 0 fully saturated rings. The van der Waals surface area contributed by atoms with Gasteiger partial charge in [-0.25, -0.2) is 0 Å². The number of halogens is 3. The number of nitrogens with one attached hydrogen (secondary N) is 1. The summed E-state index contributed by atoms with van der Waals surface area (Å²) >= 11 is 0. The Balaban J connectivity index is 3.54. The molecular formula is C9H18F3NO. The summed E-state index contributed by atoms with van der Waals surface area (Å²) < 4.78 is 35.3. The quantitative estimate of drug-likeness (QED) is 0.662. The molecule has 0 saturated carbocycles. The van der Waals surface area contributed by atoms with Crippen molar-refractivity contribution >= 4 is 0 Å². The zero-order valence-electron chi connectivity index (χ0n) is 8.62. The van der Waals surface area contributed by atoms with Crippen molar-refractivity contribution in [2.75, 3.05) is 13.2 Å². The molecule has 0 unspecified atom stereocenters. The average Bonchev–Trinajstić information content (AvgIpc) is 1.96. The highest BCUT2D eigenvalue weighted by Gasteiger charge is 2.26. The molecule has 0 radical (unpaired) electrons. The number of hydrogen-bond acceptors (Lipinski definition) is 2. The molecule has 2 N–H and O–H groups in total. The Morgan fingerprint density at radius 3 is 2.14 bits per heavy atom. The monoisotopic (exact) mass is 213 g/mol. The molecule has 0 aromatic heterocycles. The van der Waals surface area contributed by atoms with Gasteiger partial charge in [-0.1, -0.05) is 0 Å². The molecule has 0 atom stereocenters. The van der Waals surface area contributed by atoms with Gasteiger partial charge < -0.3 is 10.4 Å². The van der Waals surface area contributed by atoms with Crippen LogP contribution in [-0.2, 0) is 0 Å². The van der Waals surface area contributed by atoms with Crippen LogP contribution in [0.2, 0.25) is 0 Å². The van der Waals surface area contributed by atoms with Crippen LogP contribution in [-0.4, -0.2) is 30.0 Å². The molecule has 0 saturated heterocycles. The van der Waals surface area contributed by atoms with Crippen molar-refractivity contribution in [2.45, 2.75) is 44.8 Å². The second-order valence-electron chi connectivity index (χ2n) is 4.00. The predicted octanol–water partition coefficient (Wildman–Crippen LogP) is 2.08. The van der Waals surface area contributed by atoms with Gasteiger partial charge in [-0.15, -0.1) is 0 Å². The van der Waals surface area contributed by atoms with E-state index in [1.165, 1.54) is 0 Å². The van der Waals surface area contributed by atoms with Gasteiger partial charge >= 0.3 is 6.18 Å². The molecular weight excluding hydrogens is 195 g/mol. The molecule has 0 aromatic rings. The highest BCUT2D eigenvalue weighted by molar-refractivity contribution is 4.76. The lowest BCUT2D eigenvalue weighted by Gasteiger charge is -2.25. The Bertz CT molecular complexity index is 157. The highest BCUT2D eigenvalue weighted by Crippen LogP contribution is 2.21. The van der Waals surface area contributed by atoms with Crippen LogP contribution in [0.4, 0.5) is 13.2 Å². The van der Waals surface area contributed by atoms with E-state index < -0.39 is 12.6 Å². The van der Waals surface area contributed by atoms with Crippen molar-refractivity contribution in [1.29, 1.82) is 0 Å². The Morgan fingerprint density at radius 1 is 1.14 bits per heavy atom. The average molecular weight is 213 g/mol. The van der Waals surface area contributed by atoms with Crippen LogP contribution in [0.15, 0.2) is 0 Å². The molecule has 0 heterocycles. The zero-order chi connectivity index (χ0) is 11.2. The van der Waals surface area contributed by atoms with Gasteiger partial charge in [-0.3, -0.25) is 0 Å². The lowest BCUT2D eigenvalue weighted by atomic mass is 10.0. The number of hydrogen-bond donors (Lipinski definition) is 2. The van der Waals surface area contributed by atoms with E-state index in [1.807, 2.05) is 13.8 Å². The smallest absolute Gasteiger partial charge is 0.389 e. The second-order valence-corrected chi connectivity index (χ2v) is 4.00. The summed E-state index contributed by atoms with van der Waals surface area (Å²) in [6, 6.07) is 0. The van der Waals surface area contributed by atoms with E-state index in [-0.39, 0.29) is 18.6 Å². The normalized spacial score (nSPS) is 13.3. The van der Waals surface area contributed by atoms with E-state index >= 15 is 0 Å². The van der Waals surface area contributed by atoms with E-state index in [9.17, 15) is 13.2 Å². The predicted molar refractivity (Wildman–Crippen MR) is 49.1 cm³/mol. The van der Waals surface area contributed by atoms with Gasteiger partial charge in [0.2, 0.25) is 0 Å². The van der Waals surface area contributed by atoms with Gasteiger partial charge in [-0.2, -0.15) is 13.2 Å². The van der Waals surface area contributed by atoms with Crippen molar-refractivity contribution in [3.05, 3.63) is 0 Å². The molecule has 0 aromatic carbocycles. The van der Waals surface area contributed by atoms with E-state index in [0.717, 1.165) is 0 Å². The molecule has 0 spiro atoms. The Kier molecular flexibility index (Phi) is 5.44. The lowest BCUT2D eigenvalue weighted by Crippen LogP contribution is -2.40. The van der Waals surface area contributed by atoms with Gasteiger partial charge in [0, 0.05) is 18.6 Å². The van der Waals surface area contributed by atoms with Crippen LogP contribution < -0.4 is 5.32 Å². The fourth-order valence-electron chi connectivity index (χ4n) is 1.08. The van der Waals surface area contributed by atoms with Crippen LogP contribution in [0.5, 0.6) is 0 Å². The summed E-state index contributed by atoms with van der Waals surface area (Å²) in [5.74, 6) is 0. The summed E-state index contributed by atoms with van der Waals surface area (Å²) in [7, 11) is 0. The maximum absolute atomic E-state index is 11.8. The van der Waals surface area contributed by atoms with Crippen LogP contribution >= 0.6 is 0 Å². The van der Waals surface area contributed by atoms with Crippen molar-refractivity contribution in [3.8, 4) is 0 Å². The topological polar surface area (TPSA) is 32.3 Å². The molecule has 86 valence electrons. The second kappa shape index (κ2) is 5.56. The summed E-state index contributed by atoms with van der Waals surface area (Å²) in [6.07, 6.45) is -4.20. The highest BCUT2D eigenvalue weighted by atomic mass is 19.4. The summed E-state index contributed by atoms with van der Waals surface area (Å²) in [5.41, 5.74) is -0.291. The molecule has 0 amide bonds. The van der Waals surface area contributed by atoms with E-state index in [1.54, 1.807) is 0 Å². The van der Waals surface area contributed by atoms with Crippen molar-refractivity contribution in [1.82, 2.24) is 5.32 Å². The number of aliphatic hydroxyl groups is 1. The molecule has 0 bridgehead atoms. The molecule has 0 rings (SSSR count). The van der Waals surface area contributed by atoms with Gasteiger partial charge in [-0.05, 0) is 33.2 Å². The third-order valence-electron chi connectivity index (χ3n) is 1.98. The minimum Gasteiger partial charge on any atom is -0.396 e. The van der Waals surface area contributed by atoms with Gasteiger partial charge in [0.1, 0.15) is 0 Å². The molecule has 0 aliphatic rings. The molecule has 0 aliphatic heterocycles. The van der Waals surface area contributed by atoms with Crippen LogP contribution in [0.25, 0.3) is 0 Å². The first kappa shape index (κ1) is 13.7. The van der Waals surface area contributed by atoms with Crippen LogP contribution in [0.3, 0.4) is 0 Å². The van der Waals surface area contributed by atoms with Crippen molar-refractivity contribution in [3.63, 3.8) is 0 Å². The first-order valence-electron chi connectivity index (χ1n) is 4.69. The summed E-state index contributed by atoms with van der Waals surface area (Å²) in [4.78, 5) is 0. The van der Waals surface area contributed by atoms with Crippen LogP contribution in [0.1, 0.15) is 33.1 Å². The molecule has 0 aliphatic carbocycles. The van der Waals surface area contributed by atoms with Gasteiger partial charge in [0.15, 0.2) is 0 Å². The summed E-state index contributed by atoms with van der Waals surface area (Å²) in [6.45, 7) is 4.08. The van der Waals surface area contributed by atoms with Gasteiger partial charge in [0.05, 0.1) is 0 Å². The fraction of sp³-hybridized carbons (Fsp3) is 1.00. The van der Waals surface area contributed by atoms with E-state index in [4.69, 9.17) is 5.11 Å². The first-order valence-corrected chi connectivity index (χ1v) is 4.69. The van der Waals surface area contributed by atoms with Crippen LogP contribution in [0, 0.1) is 0 Å². The van der Waals surface area contributed by atoms with Gasteiger partial charge in [0.25, 0.3) is 0 Å². The maximum Gasteiger partial charge on any atom is 0.389 e. The minimum absolute atomic E-state index is 0.0409. The van der Waals surface area contributed by atoms with Crippen molar-refractivity contribution < 1.29 is 18.3 Å². The largest absolute Gasteiger partial charge is 0.396 e. The molecule has 14 heavy (non-hydrogen) atoms.